The molecule has 2 atom stereocenters. The molecule has 1 saturated heterocycles. The Morgan fingerprint density at radius 1 is 1.44 bits per heavy atom. The highest BCUT2D eigenvalue weighted by atomic mass is 19.4. The van der Waals surface area contributed by atoms with Crippen LogP contribution in [-0.4, -0.2) is 37.9 Å². The van der Waals surface area contributed by atoms with Crippen molar-refractivity contribution in [1.82, 2.24) is 24.6 Å². The standard InChI is InChI=1S/C15H18F3N5O2/c1-22-7-5-19-14(22)13-10(3-2-8-25-13)20-12(24)9-23-6-4-11(21-23)15(16,17)18/h4-7,10,13H,2-3,8-9H2,1H3,(H,20,24)/t10-,13-/m0/s1. The third-order valence-electron chi connectivity index (χ3n) is 4.02. The molecule has 1 fully saturated rings. The van der Waals surface area contributed by atoms with Crippen LogP contribution in [0.15, 0.2) is 24.7 Å². The number of amides is 1. The summed E-state index contributed by atoms with van der Waals surface area (Å²) < 4.78 is 46.2. The average Bonchev–Trinajstić information content (AvgIpc) is 3.16. The van der Waals surface area contributed by atoms with E-state index in [1.54, 1.807) is 12.4 Å². The molecule has 0 aromatic carbocycles. The largest absolute Gasteiger partial charge is 0.435 e. The lowest BCUT2D eigenvalue weighted by atomic mass is 10.0. The van der Waals surface area contributed by atoms with Gasteiger partial charge in [-0.3, -0.25) is 9.48 Å². The number of carbonyl (C=O) groups excluding carboxylic acids is 1. The number of hydrogen-bond acceptors (Lipinski definition) is 4. The van der Waals surface area contributed by atoms with E-state index in [1.807, 2.05) is 11.6 Å². The molecule has 10 heteroatoms. The van der Waals surface area contributed by atoms with Gasteiger partial charge >= 0.3 is 6.18 Å². The molecule has 136 valence electrons. The van der Waals surface area contributed by atoms with Crippen LogP contribution in [0.4, 0.5) is 13.2 Å². The summed E-state index contributed by atoms with van der Waals surface area (Å²) >= 11 is 0. The minimum Gasteiger partial charge on any atom is -0.368 e. The van der Waals surface area contributed by atoms with Gasteiger partial charge in [-0.15, -0.1) is 0 Å². The predicted octanol–water partition coefficient (Wildman–Crippen LogP) is 1.67. The monoisotopic (exact) mass is 357 g/mol. The molecule has 0 radical (unpaired) electrons. The third-order valence-corrected chi connectivity index (χ3v) is 4.02. The van der Waals surface area contributed by atoms with Crippen LogP contribution in [0, 0.1) is 0 Å². The van der Waals surface area contributed by atoms with Crippen molar-refractivity contribution in [2.45, 2.75) is 37.7 Å². The summed E-state index contributed by atoms with van der Waals surface area (Å²) in [5.41, 5.74) is -1.02. The van der Waals surface area contributed by atoms with E-state index < -0.39 is 17.8 Å². The van der Waals surface area contributed by atoms with Gasteiger partial charge in [0.2, 0.25) is 5.91 Å². The van der Waals surface area contributed by atoms with Gasteiger partial charge in [0.1, 0.15) is 18.5 Å². The van der Waals surface area contributed by atoms with E-state index in [0.29, 0.717) is 18.9 Å². The van der Waals surface area contributed by atoms with Crippen LogP contribution >= 0.6 is 0 Å². The van der Waals surface area contributed by atoms with Gasteiger partial charge in [0, 0.05) is 32.2 Å². The van der Waals surface area contributed by atoms with Gasteiger partial charge in [0.05, 0.1) is 6.04 Å². The normalized spacial score (nSPS) is 21.3. The lowest BCUT2D eigenvalue weighted by molar-refractivity contribution is -0.141. The smallest absolute Gasteiger partial charge is 0.368 e. The summed E-state index contributed by atoms with van der Waals surface area (Å²) in [4.78, 5) is 16.5. The van der Waals surface area contributed by atoms with Crippen LogP contribution in [-0.2, 0) is 29.3 Å². The number of aromatic nitrogens is 4. The molecule has 3 rings (SSSR count). The Morgan fingerprint density at radius 3 is 2.88 bits per heavy atom. The first kappa shape index (κ1) is 17.5. The lowest BCUT2D eigenvalue weighted by Gasteiger charge is -2.31. The molecule has 0 aliphatic carbocycles. The lowest BCUT2D eigenvalue weighted by Crippen LogP contribution is -2.44. The fourth-order valence-corrected chi connectivity index (χ4v) is 2.84. The first-order valence-corrected chi connectivity index (χ1v) is 7.83. The maximum Gasteiger partial charge on any atom is 0.435 e. The van der Waals surface area contributed by atoms with Crippen molar-refractivity contribution in [3.8, 4) is 0 Å². The topological polar surface area (TPSA) is 74.0 Å². The van der Waals surface area contributed by atoms with Crippen molar-refractivity contribution in [2.75, 3.05) is 6.61 Å². The van der Waals surface area contributed by atoms with Crippen molar-refractivity contribution in [2.24, 2.45) is 7.05 Å². The molecule has 0 spiro atoms. The van der Waals surface area contributed by atoms with E-state index in [1.165, 1.54) is 0 Å². The Balaban J connectivity index is 1.65. The summed E-state index contributed by atoms with van der Waals surface area (Å²) in [6.45, 7) is 0.276. The molecule has 0 saturated carbocycles. The Bertz CT molecular complexity index is 740. The van der Waals surface area contributed by atoms with Crippen molar-refractivity contribution in [3.63, 3.8) is 0 Å². The fourth-order valence-electron chi connectivity index (χ4n) is 2.84. The van der Waals surface area contributed by atoms with Gasteiger partial charge in [-0.1, -0.05) is 0 Å². The minimum atomic E-state index is -4.53. The summed E-state index contributed by atoms with van der Waals surface area (Å²) in [6.07, 6.45) is 1.14. The second-order valence-corrected chi connectivity index (χ2v) is 5.90. The molecule has 25 heavy (non-hydrogen) atoms. The van der Waals surface area contributed by atoms with Gasteiger partial charge in [-0.05, 0) is 18.9 Å². The van der Waals surface area contributed by atoms with Crippen LogP contribution in [0.2, 0.25) is 0 Å². The Hall–Kier alpha value is -2.36. The maximum atomic E-state index is 12.6. The number of nitrogens with zero attached hydrogens (tertiary/aromatic N) is 4. The van der Waals surface area contributed by atoms with Gasteiger partial charge in [0.15, 0.2) is 5.69 Å². The molecular weight excluding hydrogens is 339 g/mol. The number of alkyl halides is 3. The quantitative estimate of drug-likeness (QED) is 0.903. The first-order chi connectivity index (χ1) is 11.8. The molecular formula is C15H18F3N5O2. The molecule has 1 aliphatic rings. The van der Waals surface area contributed by atoms with Gasteiger partial charge in [-0.25, -0.2) is 4.98 Å². The first-order valence-electron chi connectivity index (χ1n) is 7.83. The van der Waals surface area contributed by atoms with E-state index in [4.69, 9.17) is 4.74 Å². The summed E-state index contributed by atoms with van der Waals surface area (Å²) in [5, 5.41) is 6.20. The second-order valence-electron chi connectivity index (χ2n) is 5.90. The zero-order valence-electron chi connectivity index (χ0n) is 13.5. The summed E-state index contributed by atoms with van der Waals surface area (Å²) in [6, 6.07) is 0.549. The van der Waals surface area contributed by atoms with Crippen LogP contribution in [0.5, 0.6) is 0 Å². The summed E-state index contributed by atoms with van der Waals surface area (Å²) in [5.74, 6) is 0.273. The molecule has 7 nitrogen and oxygen atoms in total. The zero-order chi connectivity index (χ0) is 18.0. The van der Waals surface area contributed by atoms with Crippen molar-refractivity contribution in [1.29, 1.82) is 0 Å². The number of imidazole rings is 1. The van der Waals surface area contributed by atoms with E-state index in [0.717, 1.165) is 23.4 Å². The van der Waals surface area contributed by atoms with Crippen molar-refractivity contribution < 1.29 is 22.7 Å². The van der Waals surface area contributed by atoms with Crippen LogP contribution in [0.3, 0.4) is 0 Å². The summed E-state index contributed by atoms with van der Waals surface area (Å²) in [7, 11) is 1.83. The molecule has 3 heterocycles. The molecule has 1 amide bonds. The third kappa shape index (κ3) is 4.01. The molecule has 0 unspecified atom stereocenters. The SMILES string of the molecule is Cn1ccnc1[C@H]1OCCC[C@@H]1NC(=O)Cn1ccc(C(F)(F)F)n1. The second kappa shape index (κ2) is 6.87. The number of hydrogen-bond donors (Lipinski definition) is 1. The molecule has 2 aromatic rings. The van der Waals surface area contributed by atoms with Crippen molar-refractivity contribution >= 4 is 5.91 Å². The number of rotatable bonds is 4. The van der Waals surface area contributed by atoms with E-state index in [2.05, 4.69) is 15.4 Å². The van der Waals surface area contributed by atoms with E-state index >= 15 is 0 Å². The molecule has 1 aliphatic heterocycles. The number of ether oxygens (including phenoxy) is 1. The molecule has 2 aromatic heterocycles. The van der Waals surface area contributed by atoms with Crippen molar-refractivity contribution in [3.05, 3.63) is 36.2 Å². The Kier molecular flexibility index (Phi) is 4.80. The van der Waals surface area contributed by atoms with Gasteiger partial charge in [-0.2, -0.15) is 18.3 Å². The minimum absolute atomic E-state index is 0.292. The number of halogens is 3. The highest BCUT2D eigenvalue weighted by Crippen LogP contribution is 2.28. The van der Waals surface area contributed by atoms with Crippen LogP contribution < -0.4 is 5.32 Å². The van der Waals surface area contributed by atoms with E-state index in [9.17, 15) is 18.0 Å². The average molecular weight is 357 g/mol. The zero-order valence-corrected chi connectivity index (χ0v) is 13.5. The molecule has 1 N–H and O–H groups in total. The van der Waals surface area contributed by atoms with Crippen LogP contribution in [0.25, 0.3) is 0 Å². The highest BCUT2D eigenvalue weighted by molar-refractivity contribution is 5.76. The fraction of sp³-hybridized carbons (Fsp3) is 0.533. The number of aryl methyl sites for hydroxylation is 1. The number of carbonyl (C=O) groups is 1. The Labute approximate surface area is 141 Å². The highest BCUT2D eigenvalue weighted by Gasteiger charge is 2.34. The van der Waals surface area contributed by atoms with Crippen LogP contribution in [0.1, 0.15) is 30.5 Å². The van der Waals surface area contributed by atoms with Gasteiger partial charge < -0.3 is 14.6 Å². The number of nitrogens with one attached hydrogen (secondary N) is 1. The maximum absolute atomic E-state index is 12.6. The Morgan fingerprint density at radius 2 is 2.24 bits per heavy atom. The molecule has 0 bridgehead atoms. The van der Waals surface area contributed by atoms with E-state index in [-0.39, 0.29) is 18.7 Å². The predicted molar refractivity (Wildman–Crippen MR) is 80.3 cm³/mol. The van der Waals surface area contributed by atoms with Gasteiger partial charge in [0.25, 0.3) is 0 Å².